The van der Waals surface area contributed by atoms with Crippen LogP contribution in [0, 0.1) is 0 Å². The summed E-state index contributed by atoms with van der Waals surface area (Å²) in [7, 11) is 0. The second-order valence-electron chi connectivity index (χ2n) is 23.3. The molecule has 0 aromatic heterocycles. The third kappa shape index (κ3) is 43.9. The summed E-state index contributed by atoms with van der Waals surface area (Å²) in [5.74, 6) is -0.168. The summed E-state index contributed by atoms with van der Waals surface area (Å²) in [6, 6.07) is -0.801. The summed E-state index contributed by atoms with van der Waals surface area (Å²) in [4.78, 5) is 13.1. The van der Waals surface area contributed by atoms with Crippen molar-refractivity contribution >= 4 is 5.91 Å². The van der Waals surface area contributed by atoms with E-state index in [1.807, 2.05) is 6.08 Å². The first-order valence-corrected chi connectivity index (χ1v) is 32.9. The zero-order valence-corrected chi connectivity index (χ0v) is 49.1. The molecular weight excluding hydrogens is 923 g/mol. The van der Waals surface area contributed by atoms with Crippen molar-refractivity contribution in [1.29, 1.82) is 0 Å². The summed E-state index contributed by atoms with van der Waals surface area (Å²) >= 11 is 0. The fourth-order valence-electron chi connectivity index (χ4n) is 10.9. The van der Waals surface area contributed by atoms with Crippen molar-refractivity contribution in [2.24, 2.45) is 0 Å². The fraction of sp³-hybridized carbons (Fsp3) is 0.954. The van der Waals surface area contributed by atoms with Crippen LogP contribution in [-0.4, -0.2) is 87.5 Å². The number of aliphatic hydroxyl groups is 5. The van der Waals surface area contributed by atoms with Gasteiger partial charge in [-0.15, -0.1) is 0 Å². The van der Waals surface area contributed by atoms with Gasteiger partial charge in [-0.3, -0.25) is 4.79 Å². The minimum atomic E-state index is -1.56. The Morgan fingerprint density at radius 3 is 1.05 bits per heavy atom. The number of aliphatic hydroxyl groups excluding tert-OH is 5. The lowest BCUT2D eigenvalue weighted by Crippen LogP contribution is -2.60. The van der Waals surface area contributed by atoms with E-state index in [1.54, 1.807) is 6.08 Å². The van der Waals surface area contributed by atoms with E-state index in [2.05, 4.69) is 19.2 Å². The van der Waals surface area contributed by atoms with Crippen molar-refractivity contribution in [2.75, 3.05) is 13.2 Å². The van der Waals surface area contributed by atoms with E-state index in [1.165, 1.54) is 283 Å². The normalized spacial score (nSPS) is 18.9. The molecule has 7 atom stereocenters. The number of nitrogens with one attached hydrogen (secondary N) is 1. The van der Waals surface area contributed by atoms with Gasteiger partial charge >= 0.3 is 0 Å². The number of unbranched alkanes of at least 4 members (excludes halogenated alkanes) is 48. The van der Waals surface area contributed by atoms with Crippen LogP contribution in [0.2, 0.25) is 0 Å². The molecule has 74 heavy (non-hydrogen) atoms. The molecule has 0 saturated carbocycles. The summed E-state index contributed by atoms with van der Waals surface area (Å²) in [5, 5.41) is 54.7. The minimum absolute atomic E-state index is 0.168. The lowest BCUT2D eigenvalue weighted by atomic mass is 9.99. The smallest absolute Gasteiger partial charge is 0.220 e. The third-order valence-electron chi connectivity index (χ3n) is 16.1. The molecule has 6 N–H and O–H groups in total. The highest BCUT2D eigenvalue weighted by atomic mass is 16.7. The van der Waals surface area contributed by atoms with Gasteiger partial charge in [0.2, 0.25) is 5.91 Å². The van der Waals surface area contributed by atoms with E-state index in [4.69, 9.17) is 9.47 Å². The van der Waals surface area contributed by atoms with Gasteiger partial charge in [0.05, 0.1) is 25.4 Å². The number of ether oxygens (including phenoxy) is 2. The third-order valence-corrected chi connectivity index (χ3v) is 16.1. The number of amides is 1. The molecule has 1 heterocycles. The molecule has 0 radical (unpaired) electrons. The van der Waals surface area contributed by atoms with E-state index in [0.29, 0.717) is 6.42 Å². The van der Waals surface area contributed by atoms with E-state index in [-0.39, 0.29) is 12.5 Å². The Hall–Kier alpha value is -1.07. The van der Waals surface area contributed by atoms with Crippen molar-refractivity contribution in [3.05, 3.63) is 12.2 Å². The van der Waals surface area contributed by atoms with Gasteiger partial charge in [-0.25, -0.2) is 0 Å². The molecule has 0 bridgehead atoms. The molecule has 0 aliphatic carbocycles. The average molecular weight is 1050 g/mol. The van der Waals surface area contributed by atoms with Gasteiger partial charge in [0.1, 0.15) is 24.4 Å². The molecule has 7 unspecified atom stereocenters. The molecule has 1 fully saturated rings. The zero-order chi connectivity index (χ0) is 53.6. The standard InChI is InChI=1S/C65H127NO8/c1-3-5-7-9-11-13-15-17-19-21-23-25-26-27-28-29-30-31-32-33-35-37-39-41-43-45-47-49-51-53-55-61(69)66-58(57-73-65-64(72)63(71)62(70)60(56-67)74-65)59(68)54-52-50-48-46-44-42-40-38-36-34-24-22-20-18-16-14-12-10-8-6-4-2/h52,54,58-60,62-65,67-68,70-72H,3-51,53,55-57H2,1-2H3,(H,66,69)/b54-52+. The molecule has 0 spiro atoms. The summed E-state index contributed by atoms with van der Waals surface area (Å²) < 4.78 is 11.3. The number of rotatable bonds is 58. The molecule has 1 aliphatic heterocycles. The van der Waals surface area contributed by atoms with Crippen LogP contribution < -0.4 is 5.32 Å². The second-order valence-corrected chi connectivity index (χ2v) is 23.3. The summed E-state index contributed by atoms with van der Waals surface area (Å²) in [5.41, 5.74) is 0. The Morgan fingerprint density at radius 2 is 0.743 bits per heavy atom. The maximum Gasteiger partial charge on any atom is 0.220 e. The van der Waals surface area contributed by atoms with Gasteiger partial charge in [-0.2, -0.15) is 0 Å². The Bertz CT molecular complexity index is 1170. The van der Waals surface area contributed by atoms with Gasteiger partial charge in [0.15, 0.2) is 6.29 Å². The Labute approximate surface area is 458 Å². The SMILES string of the molecule is CCCCCCCCCCCCCCCCCCCCC/C=C/C(O)C(COC1OC(CO)C(O)C(O)C1O)NC(=O)CCCCCCCCCCCCCCCCCCCCCCCCCCCCCCCC. The lowest BCUT2D eigenvalue weighted by Gasteiger charge is -2.40. The molecule has 9 heteroatoms. The van der Waals surface area contributed by atoms with Crippen LogP contribution >= 0.6 is 0 Å². The van der Waals surface area contributed by atoms with Crippen molar-refractivity contribution in [3.63, 3.8) is 0 Å². The van der Waals surface area contributed by atoms with Gasteiger partial charge in [-0.05, 0) is 19.3 Å². The van der Waals surface area contributed by atoms with Crippen LogP contribution in [0.4, 0.5) is 0 Å². The highest BCUT2D eigenvalue weighted by molar-refractivity contribution is 5.76. The number of carbonyl (C=O) groups excluding carboxylic acids is 1. The van der Waals surface area contributed by atoms with E-state index in [0.717, 1.165) is 38.5 Å². The van der Waals surface area contributed by atoms with Crippen LogP contribution in [0.3, 0.4) is 0 Å². The van der Waals surface area contributed by atoms with E-state index >= 15 is 0 Å². The van der Waals surface area contributed by atoms with Gasteiger partial charge in [-0.1, -0.05) is 328 Å². The van der Waals surface area contributed by atoms with Gasteiger partial charge in [0.25, 0.3) is 0 Å². The largest absolute Gasteiger partial charge is 0.394 e. The topological polar surface area (TPSA) is 149 Å². The first-order valence-electron chi connectivity index (χ1n) is 32.9. The van der Waals surface area contributed by atoms with Crippen LogP contribution in [-0.2, 0) is 14.3 Å². The molecule has 1 saturated heterocycles. The molecule has 1 rings (SSSR count). The maximum absolute atomic E-state index is 13.1. The molecule has 440 valence electrons. The van der Waals surface area contributed by atoms with Crippen molar-refractivity contribution in [1.82, 2.24) is 5.32 Å². The Kier molecular flexibility index (Phi) is 53.0. The molecule has 9 nitrogen and oxygen atoms in total. The zero-order valence-electron chi connectivity index (χ0n) is 49.1. The van der Waals surface area contributed by atoms with Crippen LogP contribution in [0.15, 0.2) is 12.2 Å². The monoisotopic (exact) mass is 1050 g/mol. The average Bonchev–Trinajstić information content (AvgIpc) is 3.40. The lowest BCUT2D eigenvalue weighted by molar-refractivity contribution is -0.302. The highest BCUT2D eigenvalue weighted by Crippen LogP contribution is 2.23. The first-order chi connectivity index (χ1) is 36.3. The van der Waals surface area contributed by atoms with Gasteiger partial charge < -0.3 is 40.3 Å². The molecular formula is C65H127NO8. The minimum Gasteiger partial charge on any atom is -0.394 e. The second kappa shape index (κ2) is 55.3. The quantitative estimate of drug-likeness (QED) is 0.0261. The Morgan fingerprint density at radius 1 is 0.446 bits per heavy atom. The van der Waals surface area contributed by atoms with E-state index in [9.17, 15) is 30.3 Å². The fourth-order valence-corrected chi connectivity index (χ4v) is 10.9. The number of carbonyl (C=O) groups is 1. The molecule has 1 amide bonds. The number of allylic oxidation sites excluding steroid dienone is 1. The summed E-state index contributed by atoms with van der Waals surface area (Å²) in [6.45, 7) is 3.84. The number of hydrogen-bond acceptors (Lipinski definition) is 8. The maximum atomic E-state index is 13.1. The Balaban J connectivity index is 2.13. The van der Waals surface area contributed by atoms with Crippen molar-refractivity contribution in [2.45, 2.75) is 384 Å². The molecule has 1 aliphatic rings. The van der Waals surface area contributed by atoms with Crippen molar-refractivity contribution in [3.8, 4) is 0 Å². The molecule has 0 aromatic rings. The number of hydrogen-bond donors (Lipinski definition) is 6. The summed E-state index contributed by atoms with van der Waals surface area (Å²) in [6.07, 6.45) is 63.1. The van der Waals surface area contributed by atoms with Crippen molar-refractivity contribution < 1.29 is 39.8 Å². The predicted octanol–water partition coefficient (Wildman–Crippen LogP) is 17.1. The highest BCUT2D eigenvalue weighted by Gasteiger charge is 2.44. The van der Waals surface area contributed by atoms with Crippen LogP contribution in [0.25, 0.3) is 0 Å². The van der Waals surface area contributed by atoms with Gasteiger partial charge in [0, 0.05) is 6.42 Å². The first kappa shape index (κ1) is 70.9. The van der Waals surface area contributed by atoms with Crippen LogP contribution in [0.5, 0.6) is 0 Å². The van der Waals surface area contributed by atoms with Crippen LogP contribution in [0.1, 0.15) is 341 Å². The predicted molar refractivity (Wildman–Crippen MR) is 314 cm³/mol. The molecule has 0 aromatic carbocycles. The van der Waals surface area contributed by atoms with E-state index < -0.39 is 49.5 Å².